The van der Waals surface area contributed by atoms with Crippen LogP contribution in [0.4, 0.5) is 8.71 Å². The molecular weight excluding hydrogens is 196 g/mol. The van der Waals surface area contributed by atoms with Gasteiger partial charge in [0.05, 0.1) is 0 Å². The van der Waals surface area contributed by atoms with Crippen LogP contribution in [0.1, 0.15) is 5.56 Å². The summed E-state index contributed by atoms with van der Waals surface area (Å²) in [6.45, 7) is 0.629. The Labute approximate surface area is 122 Å². The summed E-state index contributed by atoms with van der Waals surface area (Å²) in [7, 11) is 0. The van der Waals surface area contributed by atoms with Crippen molar-refractivity contribution in [2.75, 3.05) is 0 Å². The molecule has 0 saturated heterocycles. The molecular formula is C9H12BF2K. The van der Waals surface area contributed by atoms with Gasteiger partial charge in [-0.15, -0.1) is 0 Å². The minimum atomic E-state index is -0.861. The van der Waals surface area contributed by atoms with Crippen LogP contribution in [0.15, 0.2) is 24.3 Å². The fraction of sp³-hybridized carbons (Fsp3) is 0.222. The maximum absolute atomic E-state index is 12.4. The van der Waals surface area contributed by atoms with E-state index < -0.39 is 6.99 Å². The average Bonchev–Trinajstić information content (AvgIpc) is 1.93. The Morgan fingerprint density at radius 3 is 2.08 bits per heavy atom. The summed E-state index contributed by atoms with van der Waals surface area (Å²) in [5, 5.41) is 0. The molecule has 0 unspecified atom stereocenters. The summed E-state index contributed by atoms with van der Waals surface area (Å²) < 4.78 is 24.7. The zero-order valence-electron chi connectivity index (χ0n) is 8.35. The molecule has 0 bridgehead atoms. The van der Waals surface area contributed by atoms with Gasteiger partial charge in [0, 0.05) is 0 Å². The fourth-order valence-electron chi connectivity index (χ4n) is 0.945. The number of rotatable bonds is 2. The predicted molar refractivity (Wildman–Crippen MR) is 49.2 cm³/mol. The van der Waals surface area contributed by atoms with Gasteiger partial charge >= 0.3 is 58.4 Å². The Balaban J connectivity index is 0. The van der Waals surface area contributed by atoms with Crippen LogP contribution >= 0.6 is 0 Å². The molecule has 0 heterocycles. The average molecular weight is 208 g/mol. The Kier molecular flexibility index (Phi) is 10.1. The summed E-state index contributed by atoms with van der Waals surface area (Å²) in [5.41, 5.74) is 0.835. The van der Waals surface area contributed by atoms with Crippen LogP contribution in [0, 0.1) is 13.2 Å². The van der Waals surface area contributed by atoms with Crippen molar-refractivity contribution >= 4 is 6.99 Å². The molecule has 0 saturated carbocycles. The van der Waals surface area contributed by atoms with Crippen molar-refractivity contribution in [2.24, 2.45) is 0 Å². The Morgan fingerprint density at radius 2 is 1.69 bits per heavy atom. The van der Waals surface area contributed by atoms with Gasteiger partial charge in [0.15, 0.2) is 0 Å². The van der Waals surface area contributed by atoms with Gasteiger partial charge in [-0.3, -0.25) is 0 Å². The molecule has 0 radical (unpaired) electrons. The second kappa shape index (κ2) is 8.12. The van der Waals surface area contributed by atoms with Gasteiger partial charge in [-0.05, 0) is 18.5 Å². The van der Waals surface area contributed by atoms with E-state index >= 15 is 0 Å². The quantitative estimate of drug-likeness (QED) is 0.472. The van der Waals surface area contributed by atoms with Gasteiger partial charge < -0.3 is 11.7 Å². The summed E-state index contributed by atoms with van der Waals surface area (Å²) >= 11 is 0. The standard InChI is InChI=1S/C8H9BF2.CH3.K/c1-9(11)6-7-2-4-8(10)5-3-7;;/h2-5H,6H2,1H3;1H3;/q;-1;+1. The third kappa shape index (κ3) is 6.80. The Hall–Kier alpha value is 0.781. The molecule has 4 heteroatoms. The molecule has 66 valence electrons. The number of hydrogen-bond acceptors (Lipinski definition) is 0. The first kappa shape index (κ1) is 16.2. The largest absolute Gasteiger partial charge is 1.00 e. The number of benzene rings is 1. The van der Waals surface area contributed by atoms with Crippen molar-refractivity contribution in [3.63, 3.8) is 0 Å². The summed E-state index contributed by atoms with van der Waals surface area (Å²) in [6.07, 6.45) is 0.361. The van der Waals surface area contributed by atoms with Crippen molar-refractivity contribution in [1.82, 2.24) is 0 Å². The molecule has 0 N–H and O–H groups in total. The molecule has 0 aliphatic carbocycles. The SMILES string of the molecule is CB(F)Cc1ccc(F)cc1.[CH3-].[K+]. The molecule has 0 spiro atoms. The molecule has 0 aliphatic rings. The zero-order chi connectivity index (χ0) is 8.27. The van der Waals surface area contributed by atoms with E-state index in [4.69, 9.17) is 0 Å². The topological polar surface area (TPSA) is 0 Å². The van der Waals surface area contributed by atoms with E-state index in [1.807, 2.05) is 0 Å². The van der Waals surface area contributed by atoms with Crippen LogP contribution in [0.3, 0.4) is 0 Å². The van der Waals surface area contributed by atoms with Crippen LogP contribution < -0.4 is 51.4 Å². The second-order valence-electron chi connectivity index (χ2n) is 2.61. The molecule has 1 aromatic carbocycles. The molecule has 0 atom stereocenters. The Morgan fingerprint density at radius 1 is 1.23 bits per heavy atom. The van der Waals surface area contributed by atoms with Crippen LogP contribution in [-0.4, -0.2) is 6.99 Å². The van der Waals surface area contributed by atoms with Crippen molar-refractivity contribution in [3.05, 3.63) is 43.1 Å². The van der Waals surface area contributed by atoms with E-state index in [1.165, 1.54) is 19.0 Å². The monoisotopic (exact) mass is 208 g/mol. The predicted octanol–water partition coefficient (Wildman–Crippen LogP) is -0.0475. The summed E-state index contributed by atoms with van der Waals surface area (Å²) in [5.74, 6) is -0.278. The maximum atomic E-state index is 12.4. The van der Waals surface area contributed by atoms with E-state index in [-0.39, 0.29) is 64.6 Å². The molecule has 0 aliphatic heterocycles. The van der Waals surface area contributed by atoms with Crippen molar-refractivity contribution < 1.29 is 60.1 Å². The van der Waals surface area contributed by atoms with E-state index in [2.05, 4.69) is 0 Å². The maximum Gasteiger partial charge on any atom is 1.00 e. The van der Waals surface area contributed by atoms with Crippen molar-refractivity contribution in [1.29, 1.82) is 0 Å². The molecule has 0 amide bonds. The van der Waals surface area contributed by atoms with E-state index in [9.17, 15) is 8.71 Å². The van der Waals surface area contributed by atoms with E-state index in [1.54, 1.807) is 12.1 Å². The molecule has 0 nitrogen and oxygen atoms in total. The Bertz CT molecular complexity index is 224. The van der Waals surface area contributed by atoms with Gasteiger partial charge in [-0.25, -0.2) is 4.39 Å². The molecule has 0 fully saturated rings. The molecule has 1 aromatic rings. The van der Waals surface area contributed by atoms with Gasteiger partial charge in [-0.2, -0.15) is 0 Å². The fourth-order valence-corrected chi connectivity index (χ4v) is 0.945. The van der Waals surface area contributed by atoms with Gasteiger partial charge in [0.25, 0.3) is 0 Å². The summed E-state index contributed by atoms with van der Waals surface area (Å²) in [4.78, 5) is 0. The van der Waals surface area contributed by atoms with E-state index in [0.717, 1.165) is 5.56 Å². The van der Waals surface area contributed by atoms with Crippen LogP contribution in [-0.2, 0) is 6.32 Å². The minimum absolute atomic E-state index is 0. The zero-order valence-corrected chi connectivity index (χ0v) is 11.5. The minimum Gasteiger partial charge on any atom is -0.358 e. The molecule has 0 aromatic heterocycles. The smallest absolute Gasteiger partial charge is 0.358 e. The van der Waals surface area contributed by atoms with Crippen LogP contribution in [0.25, 0.3) is 0 Å². The van der Waals surface area contributed by atoms with Gasteiger partial charge in [0.2, 0.25) is 0 Å². The van der Waals surface area contributed by atoms with Gasteiger partial charge in [0.1, 0.15) is 5.82 Å². The van der Waals surface area contributed by atoms with Crippen LogP contribution in [0.5, 0.6) is 0 Å². The van der Waals surface area contributed by atoms with Gasteiger partial charge in [-0.1, -0.05) is 24.5 Å². The first-order chi connectivity index (χ1) is 5.18. The normalized spacial score (nSPS) is 8.23. The first-order valence-electron chi connectivity index (χ1n) is 3.57. The third-order valence-corrected chi connectivity index (χ3v) is 1.43. The van der Waals surface area contributed by atoms with E-state index in [0.29, 0.717) is 6.32 Å². The third-order valence-electron chi connectivity index (χ3n) is 1.43. The number of halogens is 2. The molecule has 1 rings (SSSR count). The van der Waals surface area contributed by atoms with Crippen LogP contribution in [0.2, 0.25) is 6.82 Å². The summed E-state index contributed by atoms with van der Waals surface area (Å²) in [6, 6.07) is 5.90. The second-order valence-corrected chi connectivity index (χ2v) is 2.61. The molecule has 13 heavy (non-hydrogen) atoms. The first-order valence-corrected chi connectivity index (χ1v) is 3.57. The van der Waals surface area contributed by atoms with Crippen molar-refractivity contribution in [2.45, 2.75) is 13.1 Å². The van der Waals surface area contributed by atoms with Crippen molar-refractivity contribution in [3.8, 4) is 0 Å². The number of hydrogen-bond donors (Lipinski definition) is 0.